The Morgan fingerprint density at radius 3 is 2.95 bits per heavy atom. The van der Waals surface area contributed by atoms with Crippen molar-refractivity contribution in [2.45, 2.75) is 58.6 Å². The van der Waals surface area contributed by atoms with Crippen molar-refractivity contribution in [1.29, 1.82) is 0 Å². The number of rotatable bonds is 8. The number of hydrogen-bond donors (Lipinski definition) is 0. The fraction of sp³-hybridized carbons (Fsp3) is 0.600. The number of aromatic nitrogens is 2. The van der Waals surface area contributed by atoms with Gasteiger partial charge in [-0.2, -0.15) is 5.10 Å². The Kier molecular flexibility index (Phi) is 6.73. The predicted molar refractivity (Wildman–Crippen MR) is 74.5 cm³/mol. The summed E-state index contributed by atoms with van der Waals surface area (Å²) in [5.41, 5.74) is 0.897. The van der Waals surface area contributed by atoms with Gasteiger partial charge in [-0.3, -0.25) is 9.48 Å². The molecule has 0 bridgehead atoms. The lowest BCUT2D eigenvalue weighted by molar-refractivity contribution is -0.146. The number of carbonyl (C=O) groups excluding carboxylic acids is 1. The van der Waals surface area contributed by atoms with Crippen LogP contribution in [0.3, 0.4) is 0 Å². The van der Waals surface area contributed by atoms with Gasteiger partial charge in [0.2, 0.25) is 0 Å². The van der Waals surface area contributed by atoms with E-state index in [2.05, 4.69) is 11.0 Å². The molecule has 1 heterocycles. The molecule has 0 N–H and O–H groups in total. The summed E-state index contributed by atoms with van der Waals surface area (Å²) in [5.74, 6) is 2.43. The molecule has 0 aliphatic carbocycles. The summed E-state index contributed by atoms with van der Waals surface area (Å²) in [6.45, 7) is 4.55. The summed E-state index contributed by atoms with van der Waals surface area (Å²) in [4.78, 5) is 11.5. The molecule has 0 fully saturated rings. The van der Waals surface area contributed by atoms with Gasteiger partial charge in [0.25, 0.3) is 0 Å². The average molecular weight is 262 g/mol. The van der Waals surface area contributed by atoms with E-state index in [9.17, 15) is 4.79 Å². The Balaban J connectivity index is 2.28. The second kappa shape index (κ2) is 8.36. The maximum Gasteiger partial charge on any atom is 0.310 e. The molecule has 0 unspecified atom stereocenters. The molecule has 0 aromatic carbocycles. The van der Waals surface area contributed by atoms with Gasteiger partial charge in [-0.05, 0) is 26.7 Å². The highest BCUT2D eigenvalue weighted by Gasteiger charge is 2.08. The maximum absolute atomic E-state index is 11.5. The smallest absolute Gasteiger partial charge is 0.310 e. The minimum atomic E-state index is -0.205. The van der Waals surface area contributed by atoms with Crippen LogP contribution in [0.15, 0.2) is 12.4 Å². The fourth-order valence-corrected chi connectivity index (χ4v) is 1.77. The van der Waals surface area contributed by atoms with Gasteiger partial charge < -0.3 is 4.74 Å². The van der Waals surface area contributed by atoms with Crippen LogP contribution >= 0.6 is 0 Å². The van der Waals surface area contributed by atoms with Crippen LogP contribution in [0.1, 0.15) is 45.1 Å². The summed E-state index contributed by atoms with van der Waals surface area (Å²) in [5, 5.41) is 4.23. The van der Waals surface area contributed by atoms with Crippen molar-refractivity contribution in [3.8, 4) is 12.3 Å². The standard InChI is InChI=1S/C15H22N2O2/c1-4-5-6-7-8-9-17-12-14(11-16-17)10-15(18)19-13(2)3/h1,11-13H,5-10H2,2-3H3. The van der Waals surface area contributed by atoms with Crippen LogP contribution in [0.5, 0.6) is 0 Å². The SMILES string of the molecule is C#CCCCCCn1cc(CC(=O)OC(C)C)cn1. The largest absolute Gasteiger partial charge is 0.463 e. The Morgan fingerprint density at radius 1 is 1.47 bits per heavy atom. The number of nitrogens with zero attached hydrogens (tertiary/aromatic N) is 2. The Bertz CT molecular complexity index is 430. The Labute approximate surface area is 115 Å². The van der Waals surface area contributed by atoms with Crippen LogP contribution in [0, 0.1) is 12.3 Å². The van der Waals surface area contributed by atoms with Crippen molar-refractivity contribution in [2.24, 2.45) is 0 Å². The Hall–Kier alpha value is -1.76. The molecule has 0 radical (unpaired) electrons. The van der Waals surface area contributed by atoms with Crippen molar-refractivity contribution < 1.29 is 9.53 Å². The molecule has 104 valence electrons. The van der Waals surface area contributed by atoms with Crippen molar-refractivity contribution in [3.05, 3.63) is 18.0 Å². The summed E-state index contributed by atoms with van der Waals surface area (Å²) < 4.78 is 6.96. The number of carbonyl (C=O) groups is 1. The molecule has 4 heteroatoms. The van der Waals surface area contributed by atoms with Gasteiger partial charge in [-0.15, -0.1) is 12.3 Å². The third kappa shape index (κ3) is 6.66. The van der Waals surface area contributed by atoms with Crippen molar-refractivity contribution in [3.63, 3.8) is 0 Å². The predicted octanol–water partition coefficient (Wildman–Crippen LogP) is 2.57. The molecule has 1 aromatic rings. The number of ether oxygens (including phenoxy) is 1. The molecule has 0 aliphatic rings. The Morgan fingerprint density at radius 2 is 2.26 bits per heavy atom. The second-order valence-electron chi connectivity index (χ2n) is 4.84. The number of terminal acetylenes is 1. The first-order chi connectivity index (χ1) is 9.11. The molecule has 1 aromatic heterocycles. The molecule has 0 saturated heterocycles. The lowest BCUT2D eigenvalue weighted by atomic mass is 10.2. The van der Waals surface area contributed by atoms with E-state index >= 15 is 0 Å². The molecular weight excluding hydrogens is 240 g/mol. The minimum Gasteiger partial charge on any atom is -0.463 e. The summed E-state index contributed by atoms with van der Waals surface area (Å²) in [7, 11) is 0. The molecule has 0 atom stereocenters. The quantitative estimate of drug-likeness (QED) is 0.411. The lowest BCUT2D eigenvalue weighted by Gasteiger charge is -2.06. The van der Waals surface area contributed by atoms with Crippen molar-refractivity contribution in [1.82, 2.24) is 9.78 Å². The summed E-state index contributed by atoms with van der Waals surface area (Å²) in [6, 6.07) is 0. The normalized spacial score (nSPS) is 10.4. The van der Waals surface area contributed by atoms with E-state index in [4.69, 9.17) is 11.2 Å². The van der Waals surface area contributed by atoms with Crippen LogP contribution in [-0.2, 0) is 22.5 Å². The zero-order valence-electron chi connectivity index (χ0n) is 11.8. The van der Waals surface area contributed by atoms with E-state index in [-0.39, 0.29) is 18.5 Å². The average Bonchev–Trinajstić information content (AvgIpc) is 2.75. The van der Waals surface area contributed by atoms with Crippen LogP contribution in [0.2, 0.25) is 0 Å². The van der Waals surface area contributed by atoms with Gasteiger partial charge in [-0.25, -0.2) is 0 Å². The lowest BCUT2D eigenvalue weighted by Crippen LogP contribution is -2.13. The number of unbranched alkanes of at least 4 members (excludes halogenated alkanes) is 3. The van der Waals surface area contributed by atoms with Crippen molar-refractivity contribution >= 4 is 5.97 Å². The first-order valence-corrected chi connectivity index (χ1v) is 6.76. The highest BCUT2D eigenvalue weighted by Crippen LogP contribution is 2.05. The second-order valence-corrected chi connectivity index (χ2v) is 4.84. The molecule has 0 aliphatic heterocycles. The molecule has 19 heavy (non-hydrogen) atoms. The minimum absolute atomic E-state index is 0.0706. The van der Waals surface area contributed by atoms with Crippen LogP contribution in [-0.4, -0.2) is 21.9 Å². The summed E-state index contributed by atoms with van der Waals surface area (Å²) >= 11 is 0. The highest BCUT2D eigenvalue weighted by molar-refractivity contribution is 5.72. The maximum atomic E-state index is 11.5. The van der Waals surface area contributed by atoms with Crippen molar-refractivity contribution in [2.75, 3.05) is 0 Å². The fourth-order valence-electron chi connectivity index (χ4n) is 1.77. The third-order valence-corrected chi connectivity index (χ3v) is 2.61. The highest BCUT2D eigenvalue weighted by atomic mass is 16.5. The van der Waals surface area contributed by atoms with E-state index in [1.54, 1.807) is 6.20 Å². The van der Waals surface area contributed by atoms with E-state index in [0.717, 1.165) is 37.8 Å². The topological polar surface area (TPSA) is 44.1 Å². The van der Waals surface area contributed by atoms with E-state index < -0.39 is 0 Å². The molecule has 1 rings (SSSR count). The molecule has 4 nitrogen and oxygen atoms in total. The first-order valence-electron chi connectivity index (χ1n) is 6.76. The van der Waals surface area contributed by atoms with Crippen LogP contribution < -0.4 is 0 Å². The van der Waals surface area contributed by atoms with Gasteiger partial charge in [0.15, 0.2) is 0 Å². The van der Waals surface area contributed by atoms with E-state index in [0.29, 0.717) is 0 Å². The molecular formula is C15H22N2O2. The monoisotopic (exact) mass is 262 g/mol. The zero-order chi connectivity index (χ0) is 14.1. The van der Waals surface area contributed by atoms with Gasteiger partial charge in [-0.1, -0.05) is 6.42 Å². The number of aryl methyl sites for hydroxylation is 1. The van der Waals surface area contributed by atoms with Crippen LogP contribution in [0.25, 0.3) is 0 Å². The first kappa shape index (κ1) is 15.3. The van der Waals surface area contributed by atoms with Gasteiger partial charge in [0.05, 0.1) is 18.7 Å². The van der Waals surface area contributed by atoms with Gasteiger partial charge in [0.1, 0.15) is 0 Å². The number of esters is 1. The summed E-state index contributed by atoms with van der Waals surface area (Å²) in [6.07, 6.45) is 13.1. The van der Waals surface area contributed by atoms with Gasteiger partial charge >= 0.3 is 5.97 Å². The molecule has 0 amide bonds. The molecule has 0 saturated carbocycles. The van der Waals surface area contributed by atoms with Gasteiger partial charge in [0, 0.05) is 24.7 Å². The molecule has 0 spiro atoms. The number of hydrogen-bond acceptors (Lipinski definition) is 3. The zero-order valence-corrected chi connectivity index (χ0v) is 11.8. The third-order valence-electron chi connectivity index (χ3n) is 2.61. The van der Waals surface area contributed by atoms with E-state index in [1.807, 2.05) is 24.7 Å². The van der Waals surface area contributed by atoms with Crippen LogP contribution in [0.4, 0.5) is 0 Å². The van der Waals surface area contributed by atoms with E-state index in [1.165, 1.54) is 0 Å².